The predicted molar refractivity (Wildman–Crippen MR) is 99.9 cm³/mol. The molecule has 0 saturated heterocycles. The third-order valence-corrected chi connectivity index (χ3v) is 3.93. The first kappa shape index (κ1) is 19.3. The number of hydrogen-bond donors (Lipinski definition) is 1. The van der Waals surface area contributed by atoms with Crippen LogP contribution in [0.15, 0.2) is 30.3 Å². The number of carbonyl (C=O) groups excluding carboxylic acids is 1. The molecule has 0 fully saturated rings. The van der Waals surface area contributed by atoms with Gasteiger partial charge in [0.1, 0.15) is 11.5 Å². The molecule has 0 aliphatic heterocycles. The predicted octanol–water partition coefficient (Wildman–Crippen LogP) is 3.58. The summed E-state index contributed by atoms with van der Waals surface area (Å²) in [5.74, 6) is 0.208. The second-order valence-electron chi connectivity index (χ2n) is 5.49. The monoisotopic (exact) mass is 379 g/mol. The summed E-state index contributed by atoms with van der Waals surface area (Å²) in [4.78, 5) is 24.9. The van der Waals surface area contributed by atoms with Gasteiger partial charge in [-0.25, -0.2) is 0 Å². The third kappa shape index (κ3) is 3.97. The molecule has 0 spiro atoms. The van der Waals surface area contributed by atoms with E-state index in [1.807, 2.05) is 0 Å². The molecular formula is C17H18ClN3O5. The Hall–Kier alpha value is -3.00. The van der Waals surface area contributed by atoms with Gasteiger partial charge in [-0.05, 0) is 12.1 Å². The number of hydrogen-bond acceptors (Lipinski definition) is 6. The zero-order chi connectivity index (χ0) is 19.4. The van der Waals surface area contributed by atoms with E-state index in [0.29, 0.717) is 22.9 Å². The molecule has 0 radical (unpaired) electrons. The van der Waals surface area contributed by atoms with Crippen LogP contribution in [0.3, 0.4) is 0 Å². The number of ether oxygens (including phenoxy) is 2. The maximum atomic E-state index is 12.8. The van der Waals surface area contributed by atoms with E-state index in [2.05, 4.69) is 5.32 Å². The SMILES string of the molecule is COc1cc(OC)c(NC(=O)c2cc([N+](=O)[O-])ccc2N(C)C)cc1Cl. The van der Waals surface area contributed by atoms with Gasteiger partial charge in [-0.15, -0.1) is 0 Å². The highest BCUT2D eigenvalue weighted by Gasteiger charge is 2.20. The Morgan fingerprint density at radius 3 is 2.35 bits per heavy atom. The minimum Gasteiger partial charge on any atom is -0.495 e. The van der Waals surface area contributed by atoms with Gasteiger partial charge in [0.25, 0.3) is 11.6 Å². The van der Waals surface area contributed by atoms with Gasteiger partial charge in [-0.3, -0.25) is 14.9 Å². The average molecular weight is 380 g/mol. The molecule has 8 nitrogen and oxygen atoms in total. The Balaban J connectivity index is 2.46. The molecule has 9 heteroatoms. The van der Waals surface area contributed by atoms with Gasteiger partial charge in [0.15, 0.2) is 0 Å². The summed E-state index contributed by atoms with van der Waals surface area (Å²) >= 11 is 6.11. The Bertz CT molecular complexity index is 855. The second kappa shape index (κ2) is 7.92. The summed E-state index contributed by atoms with van der Waals surface area (Å²) < 4.78 is 10.4. The quantitative estimate of drug-likeness (QED) is 0.609. The van der Waals surface area contributed by atoms with E-state index >= 15 is 0 Å². The van der Waals surface area contributed by atoms with Crippen molar-refractivity contribution in [3.63, 3.8) is 0 Å². The van der Waals surface area contributed by atoms with Crippen LogP contribution in [-0.2, 0) is 0 Å². The molecule has 0 atom stereocenters. The number of nitrogens with one attached hydrogen (secondary N) is 1. The summed E-state index contributed by atoms with van der Waals surface area (Å²) in [6.07, 6.45) is 0. The Labute approximate surface area is 155 Å². The van der Waals surface area contributed by atoms with Crippen LogP contribution in [0.1, 0.15) is 10.4 Å². The van der Waals surface area contributed by atoms with Crippen molar-refractivity contribution >= 4 is 34.6 Å². The molecule has 0 aromatic heterocycles. The van der Waals surface area contributed by atoms with E-state index in [0.717, 1.165) is 0 Å². The number of amides is 1. The number of nitro benzene ring substituents is 1. The fourth-order valence-corrected chi connectivity index (χ4v) is 2.60. The lowest BCUT2D eigenvalue weighted by Gasteiger charge is -2.18. The van der Waals surface area contributed by atoms with E-state index in [-0.39, 0.29) is 16.3 Å². The lowest BCUT2D eigenvalue weighted by atomic mass is 10.1. The molecular weight excluding hydrogens is 362 g/mol. The summed E-state index contributed by atoms with van der Waals surface area (Å²) in [6.45, 7) is 0. The lowest BCUT2D eigenvalue weighted by molar-refractivity contribution is -0.384. The van der Waals surface area contributed by atoms with Gasteiger partial charge in [0, 0.05) is 38.0 Å². The smallest absolute Gasteiger partial charge is 0.270 e. The van der Waals surface area contributed by atoms with Crippen molar-refractivity contribution in [3.8, 4) is 11.5 Å². The number of benzene rings is 2. The molecule has 26 heavy (non-hydrogen) atoms. The zero-order valence-corrected chi connectivity index (χ0v) is 15.5. The van der Waals surface area contributed by atoms with Gasteiger partial charge >= 0.3 is 0 Å². The first-order chi connectivity index (χ1) is 12.3. The lowest BCUT2D eigenvalue weighted by Crippen LogP contribution is -2.19. The number of methoxy groups -OCH3 is 2. The summed E-state index contributed by atoms with van der Waals surface area (Å²) in [7, 11) is 6.38. The van der Waals surface area contributed by atoms with Crippen molar-refractivity contribution in [3.05, 3.63) is 51.0 Å². The molecule has 0 unspecified atom stereocenters. The van der Waals surface area contributed by atoms with Gasteiger partial charge < -0.3 is 19.7 Å². The standard InChI is InChI=1S/C17H18ClN3O5/c1-20(2)14-6-5-10(21(23)24)7-11(14)17(22)19-13-8-12(18)15(25-3)9-16(13)26-4/h5-9H,1-4H3,(H,19,22). The second-order valence-corrected chi connectivity index (χ2v) is 5.90. The molecule has 0 bridgehead atoms. The maximum absolute atomic E-state index is 12.8. The fraction of sp³-hybridized carbons (Fsp3) is 0.235. The fourth-order valence-electron chi connectivity index (χ4n) is 2.36. The molecule has 138 valence electrons. The Kier molecular flexibility index (Phi) is 5.89. The van der Waals surface area contributed by atoms with Crippen molar-refractivity contribution in [1.82, 2.24) is 0 Å². The number of nitrogens with zero attached hydrogens (tertiary/aromatic N) is 2. The van der Waals surface area contributed by atoms with Crippen LogP contribution in [0, 0.1) is 10.1 Å². The van der Waals surface area contributed by atoms with Crippen LogP contribution in [0.5, 0.6) is 11.5 Å². The van der Waals surface area contributed by atoms with Gasteiger partial charge in [0.2, 0.25) is 0 Å². The highest BCUT2D eigenvalue weighted by molar-refractivity contribution is 6.32. The zero-order valence-electron chi connectivity index (χ0n) is 14.7. The molecule has 0 aliphatic carbocycles. The molecule has 2 aromatic carbocycles. The van der Waals surface area contributed by atoms with Crippen LogP contribution in [0.25, 0.3) is 0 Å². The number of carbonyl (C=O) groups is 1. The van der Waals surface area contributed by atoms with Crippen LogP contribution in [-0.4, -0.2) is 39.1 Å². The molecule has 1 amide bonds. The largest absolute Gasteiger partial charge is 0.495 e. The average Bonchev–Trinajstić information content (AvgIpc) is 2.61. The van der Waals surface area contributed by atoms with Crippen molar-refractivity contribution in [2.75, 3.05) is 38.5 Å². The number of anilines is 2. The molecule has 0 aliphatic rings. The van der Waals surface area contributed by atoms with Crippen LogP contribution >= 0.6 is 11.6 Å². The number of nitro groups is 1. The van der Waals surface area contributed by atoms with E-state index in [1.165, 1.54) is 44.6 Å². The first-order valence-electron chi connectivity index (χ1n) is 7.47. The molecule has 1 N–H and O–H groups in total. The molecule has 2 aromatic rings. The Morgan fingerprint density at radius 2 is 1.81 bits per heavy atom. The number of halogens is 1. The molecule has 2 rings (SSSR count). The summed E-state index contributed by atoms with van der Waals surface area (Å²) in [5.41, 5.74) is 0.824. The van der Waals surface area contributed by atoms with Gasteiger partial charge in [0.05, 0.1) is 35.4 Å². The minimum absolute atomic E-state index is 0.151. The third-order valence-electron chi connectivity index (χ3n) is 3.64. The van der Waals surface area contributed by atoms with Crippen molar-refractivity contribution in [1.29, 1.82) is 0 Å². The maximum Gasteiger partial charge on any atom is 0.270 e. The Morgan fingerprint density at radius 1 is 1.15 bits per heavy atom. The van der Waals surface area contributed by atoms with E-state index < -0.39 is 10.8 Å². The highest BCUT2D eigenvalue weighted by atomic mass is 35.5. The number of rotatable bonds is 6. The van der Waals surface area contributed by atoms with Crippen LogP contribution in [0.2, 0.25) is 5.02 Å². The molecule has 0 heterocycles. The normalized spacial score (nSPS) is 10.2. The van der Waals surface area contributed by atoms with Crippen molar-refractivity contribution in [2.24, 2.45) is 0 Å². The van der Waals surface area contributed by atoms with E-state index in [4.69, 9.17) is 21.1 Å². The van der Waals surface area contributed by atoms with Gasteiger partial charge in [-0.1, -0.05) is 11.6 Å². The first-order valence-corrected chi connectivity index (χ1v) is 7.85. The van der Waals surface area contributed by atoms with Crippen LogP contribution < -0.4 is 19.7 Å². The number of non-ortho nitro benzene ring substituents is 1. The van der Waals surface area contributed by atoms with Crippen molar-refractivity contribution in [2.45, 2.75) is 0 Å². The summed E-state index contributed by atoms with van der Waals surface area (Å²) in [6, 6.07) is 7.12. The topological polar surface area (TPSA) is 93.9 Å². The van der Waals surface area contributed by atoms with Crippen molar-refractivity contribution < 1.29 is 19.2 Å². The van der Waals surface area contributed by atoms with E-state index in [1.54, 1.807) is 19.0 Å². The minimum atomic E-state index is -0.555. The van der Waals surface area contributed by atoms with E-state index in [9.17, 15) is 14.9 Å². The summed E-state index contributed by atoms with van der Waals surface area (Å²) in [5, 5.41) is 14.0. The molecule has 0 saturated carbocycles. The van der Waals surface area contributed by atoms with Gasteiger partial charge in [-0.2, -0.15) is 0 Å². The van der Waals surface area contributed by atoms with Crippen LogP contribution in [0.4, 0.5) is 17.1 Å². The highest BCUT2D eigenvalue weighted by Crippen LogP contribution is 2.36.